The maximum atomic E-state index is 12.1. The van der Waals surface area contributed by atoms with Crippen LogP contribution in [0, 0.1) is 29.1 Å². The molecule has 0 radical (unpaired) electrons. The number of rotatable bonds is 1. The van der Waals surface area contributed by atoms with Gasteiger partial charge in [-0.05, 0) is 86.7 Å². The van der Waals surface area contributed by atoms with Crippen molar-refractivity contribution in [2.45, 2.75) is 70.8 Å². The zero-order valence-electron chi connectivity index (χ0n) is 14.3. The minimum absolute atomic E-state index is 0.134. The van der Waals surface area contributed by atoms with Gasteiger partial charge in [0.2, 0.25) is 0 Å². The Kier molecular flexibility index (Phi) is 3.39. The molecule has 4 rings (SSSR count). The number of ketones is 2. The van der Waals surface area contributed by atoms with Crippen molar-refractivity contribution in [1.82, 2.24) is 0 Å². The van der Waals surface area contributed by atoms with E-state index in [0.29, 0.717) is 36.4 Å². The summed E-state index contributed by atoms with van der Waals surface area (Å²) in [5, 5.41) is 11.4. The smallest absolute Gasteiger partial charge is 0.155 e. The molecule has 0 aromatic rings. The van der Waals surface area contributed by atoms with Gasteiger partial charge in [0.15, 0.2) is 5.78 Å². The van der Waals surface area contributed by atoms with Gasteiger partial charge < -0.3 is 5.11 Å². The lowest BCUT2D eigenvalue weighted by molar-refractivity contribution is -0.135. The van der Waals surface area contributed by atoms with Crippen LogP contribution < -0.4 is 0 Å². The van der Waals surface area contributed by atoms with Crippen molar-refractivity contribution in [2.24, 2.45) is 29.1 Å². The van der Waals surface area contributed by atoms with Gasteiger partial charge >= 0.3 is 0 Å². The first kappa shape index (κ1) is 15.6. The number of carbonyl (C=O) groups excluding carboxylic acids is 2. The Hall–Kier alpha value is -0.960. The van der Waals surface area contributed by atoms with Gasteiger partial charge in [-0.1, -0.05) is 6.92 Å². The van der Waals surface area contributed by atoms with E-state index >= 15 is 0 Å². The number of aliphatic hydroxyl groups is 1. The summed E-state index contributed by atoms with van der Waals surface area (Å²) in [6.45, 7) is 4.08. The minimum Gasteiger partial charge on any atom is -0.385 e. The SMILES string of the molecule is CC(=O)C1CCC2C3CCC4=CC(=O)CCC4(O)C3CCC12C. The third-order valence-electron chi connectivity index (χ3n) is 7.93. The van der Waals surface area contributed by atoms with Crippen LogP contribution in [-0.2, 0) is 9.59 Å². The Morgan fingerprint density at radius 1 is 1.13 bits per heavy atom. The molecule has 0 aromatic carbocycles. The maximum Gasteiger partial charge on any atom is 0.155 e. The highest BCUT2D eigenvalue weighted by Crippen LogP contribution is 2.64. The van der Waals surface area contributed by atoms with Gasteiger partial charge in [0, 0.05) is 12.3 Å². The Morgan fingerprint density at radius 3 is 2.65 bits per heavy atom. The molecule has 3 saturated carbocycles. The lowest BCUT2D eigenvalue weighted by Gasteiger charge is -2.56. The molecule has 0 bridgehead atoms. The molecule has 0 spiro atoms. The van der Waals surface area contributed by atoms with Crippen LogP contribution in [0.3, 0.4) is 0 Å². The van der Waals surface area contributed by atoms with E-state index in [0.717, 1.165) is 44.1 Å². The van der Waals surface area contributed by atoms with Crippen molar-refractivity contribution in [3.05, 3.63) is 11.6 Å². The lowest BCUT2D eigenvalue weighted by atomic mass is 9.49. The molecule has 23 heavy (non-hydrogen) atoms. The van der Waals surface area contributed by atoms with Crippen molar-refractivity contribution in [1.29, 1.82) is 0 Å². The van der Waals surface area contributed by atoms with E-state index in [-0.39, 0.29) is 17.1 Å². The topological polar surface area (TPSA) is 54.4 Å². The summed E-state index contributed by atoms with van der Waals surface area (Å²) in [5.41, 5.74) is 0.390. The molecule has 126 valence electrons. The van der Waals surface area contributed by atoms with E-state index in [4.69, 9.17) is 0 Å². The van der Waals surface area contributed by atoms with Crippen LogP contribution in [0.15, 0.2) is 11.6 Å². The molecule has 3 fully saturated rings. The van der Waals surface area contributed by atoms with E-state index < -0.39 is 5.60 Å². The molecule has 4 aliphatic rings. The van der Waals surface area contributed by atoms with Crippen LogP contribution in [-0.4, -0.2) is 22.3 Å². The van der Waals surface area contributed by atoms with Crippen LogP contribution in [0.5, 0.6) is 0 Å². The summed E-state index contributed by atoms with van der Waals surface area (Å²) in [6, 6.07) is 0. The molecule has 3 nitrogen and oxygen atoms in total. The van der Waals surface area contributed by atoms with Crippen molar-refractivity contribution >= 4 is 11.6 Å². The van der Waals surface area contributed by atoms with E-state index in [9.17, 15) is 14.7 Å². The first-order chi connectivity index (χ1) is 10.9. The Balaban J connectivity index is 1.67. The highest BCUT2D eigenvalue weighted by molar-refractivity contribution is 5.92. The van der Waals surface area contributed by atoms with E-state index in [1.54, 1.807) is 13.0 Å². The largest absolute Gasteiger partial charge is 0.385 e. The predicted octanol–water partition coefficient (Wildman–Crippen LogP) is 3.45. The van der Waals surface area contributed by atoms with Crippen LogP contribution in [0.2, 0.25) is 0 Å². The monoisotopic (exact) mass is 316 g/mol. The van der Waals surface area contributed by atoms with Crippen LogP contribution in [0.25, 0.3) is 0 Å². The second kappa shape index (κ2) is 5.02. The highest BCUT2D eigenvalue weighted by Gasteiger charge is 2.60. The fourth-order valence-electron chi connectivity index (χ4n) is 6.85. The highest BCUT2D eigenvalue weighted by atomic mass is 16.3. The molecule has 0 heterocycles. The Bertz CT molecular complexity index is 592. The summed E-state index contributed by atoms with van der Waals surface area (Å²) in [4.78, 5) is 23.8. The zero-order valence-corrected chi connectivity index (χ0v) is 14.3. The third-order valence-corrected chi connectivity index (χ3v) is 7.93. The molecule has 4 aliphatic carbocycles. The number of hydrogen-bond donors (Lipinski definition) is 1. The third kappa shape index (κ3) is 2.05. The number of carbonyl (C=O) groups is 2. The Labute approximate surface area is 138 Å². The second-order valence-corrected chi connectivity index (χ2v) is 8.76. The summed E-state index contributed by atoms with van der Waals surface area (Å²) in [7, 11) is 0. The fourth-order valence-corrected chi connectivity index (χ4v) is 6.85. The summed E-state index contributed by atoms with van der Waals surface area (Å²) >= 11 is 0. The maximum absolute atomic E-state index is 12.1. The number of hydrogen-bond acceptors (Lipinski definition) is 3. The van der Waals surface area contributed by atoms with Gasteiger partial charge in [-0.15, -0.1) is 0 Å². The summed E-state index contributed by atoms with van der Waals surface area (Å²) in [6.07, 6.45) is 8.99. The molecular weight excluding hydrogens is 288 g/mol. The average molecular weight is 316 g/mol. The van der Waals surface area contributed by atoms with Gasteiger partial charge in [-0.2, -0.15) is 0 Å². The van der Waals surface area contributed by atoms with Crippen LogP contribution >= 0.6 is 0 Å². The van der Waals surface area contributed by atoms with Crippen LogP contribution in [0.1, 0.15) is 65.2 Å². The molecule has 0 amide bonds. The molecule has 1 N–H and O–H groups in total. The standard InChI is InChI=1S/C20H28O3/c1-12(21)16-5-6-17-15-4-3-13-11-14(22)7-10-20(13,23)18(15)8-9-19(16,17)2/h11,15-18,23H,3-10H2,1-2H3. The van der Waals surface area contributed by atoms with Crippen molar-refractivity contribution in [3.63, 3.8) is 0 Å². The molecule has 6 unspecified atom stereocenters. The van der Waals surface area contributed by atoms with Crippen molar-refractivity contribution < 1.29 is 14.7 Å². The quantitative estimate of drug-likeness (QED) is 0.806. The molecule has 6 atom stereocenters. The van der Waals surface area contributed by atoms with Gasteiger partial charge in [-0.3, -0.25) is 9.59 Å². The number of fused-ring (bicyclic) bond motifs is 5. The summed E-state index contributed by atoms with van der Waals surface area (Å²) < 4.78 is 0. The van der Waals surface area contributed by atoms with E-state index in [1.807, 2.05) is 0 Å². The minimum atomic E-state index is -0.744. The van der Waals surface area contributed by atoms with Gasteiger partial charge in [0.1, 0.15) is 5.78 Å². The van der Waals surface area contributed by atoms with Crippen molar-refractivity contribution in [2.75, 3.05) is 0 Å². The zero-order chi connectivity index (χ0) is 16.4. The predicted molar refractivity (Wildman–Crippen MR) is 87.7 cm³/mol. The van der Waals surface area contributed by atoms with E-state index in [2.05, 4.69) is 6.92 Å². The molecule has 3 heteroatoms. The molecule has 0 aliphatic heterocycles. The summed E-state index contributed by atoms with van der Waals surface area (Å²) in [5.74, 6) is 2.13. The van der Waals surface area contributed by atoms with E-state index in [1.165, 1.54) is 0 Å². The number of Topliss-reactive ketones (excluding diaryl/α,β-unsaturated/α-hetero) is 1. The fraction of sp³-hybridized carbons (Fsp3) is 0.800. The van der Waals surface area contributed by atoms with Gasteiger partial charge in [0.05, 0.1) is 5.60 Å². The van der Waals surface area contributed by atoms with Gasteiger partial charge in [-0.25, -0.2) is 0 Å². The first-order valence-corrected chi connectivity index (χ1v) is 9.33. The molecule has 0 saturated heterocycles. The van der Waals surface area contributed by atoms with Crippen LogP contribution in [0.4, 0.5) is 0 Å². The second-order valence-electron chi connectivity index (χ2n) is 8.76. The molecular formula is C20H28O3. The normalized spacial score (nSPS) is 49.0. The first-order valence-electron chi connectivity index (χ1n) is 9.33. The average Bonchev–Trinajstić information content (AvgIpc) is 2.85. The van der Waals surface area contributed by atoms with Gasteiger partial charge in [0.25, 0.3) is 0 Å². The Morgan fingerprint density at radius 2 is 1.91 bits per heavy atom. The van der Waals surface area contributed by atoms with Crippen molar-refractivity contribution in [3.8, 4) is 0 Å². The lowest BCUT2D eigenvalue weighted by Crippen LogP contribution is -2.55. The molecule has 0 aromatic heterocycles.